The minimum absolute atomic E-state index is 0.0250. The number of benzene rings is 1. The van der Waals surface area contributed by atoms with E-state index in [4.69, 9.17) is 9.72 Å². The van der Waals surface area contributed by atoms with Crippen LogP contribution >= 0.6 is 11.3 Å². The number of fused-ring (bicyclic) bond motifs is 1. The molecule has 0 radical (unpaired) electrons. The van der Waals surface area contributed by atoms with E-state index in [1.54, 1.807) is 25.4 Å². The second-order valence-corrected chi connectivity index (χ2v) is 8.25. The highest BCUT2D eigenvalue weighted by atomic mass is 32.1. The fourth-order valence-corrected chi connectivity index (χ4v) is 4.55. The van der Waals surface area contributed by atoms with Gasteiger partial charge in [0.2, 0.25) is 5.91 Å². The highest BCUT2D eigenvalue weighted by Gasteiger charge is 2.35. The molecular weight excluding hydrogens is 378 g/mol. The summed E-state index contributed by atoms with van der Waals surface area (Å²) < 4.78 is 6.37. The van der Waals surface area contributed by atoms with Crippen LogP contribution in [0.5, 0.6) is 0 Å². The summed E-state index contributed by atoms with van der Waals surface area (Å²) in [5, 5.41) is 3.43. The summed E-state index contributed by atoms with van der Waals surface area (Å²) >= 11 is 1.62. The van der Waals surface area contributed by atoms with Gasteiger partial charge < -0.3 is 15.0 Å². The van der Waals surface area contributed by atoms with Crippen LogP contribution in [0.4, 0.5) is 0 Å². The van der Waals surface area contributed by atoms with Gasteiger partial charge in [0.1, 0.15) is 0 Å². The van der Waals surface area contributed by atoms with Gasteiger partial charge in [-0.2, -0.15) is 0 Å². The fraction of sp³-hybridized carbons (Fsp3) is 0.500. The lowest BCUT2D eigenvalue weighted by molar-refractivity contribution is -0.154. The Kier molecular flexibility index (Phi) is 6.61. The Balaban J connectivity index is 1.59. The van der Waals surface area contributed by atoms with Crippen molar-refractivity contribution in [1.29, 1.82) is 0 Å². The number of nitrogens with zero attached hydrogens (tertiary/aromatic N) is 2. The van der Waals surface area contributed by atoms with Gasteiger partial charge in [0.05, 0.1) is 27.7 Å². The number of thiazole rings is 1. The number of likely N-dealkylation sites (N-methyl/N-ethyl adjacent to an activating group) is 1. The number of carbonyl (C=O) groups excluding carboxylic acids is 3. The van der Waals surface area contributed by atoms with Crippen LogP contribution in [0.25, 0.3) is 10.2 Å². The molecule has 3 rings (SSSR count). The summed E-state index contributed by atoms with van der Waals surface area (Å²) in [7, 11) is 3.22. The van der Waals surface area contributed by atoms with Crippen molar-refractivity contribution in [3.05, 3.63) is 29.3 Å². The summed E-state index contributed by atoms with van der Waals surface area (Å²) in [6, 6.07) is 7.95. The van der Waals surface area contributed by atoms with Crippen LogP contribution in [-0.2, 0) is 19.1 Å². The first-order valence-electron chi connectivity index (χ1n) is 9.44. The van der Waals surface area contributed by atoms with Crippen LogP contribution in [0.2, 0.25) is 0 Å². The minimum Gasteiger partial charge on any atom is -0.455 e. The van der Waals surface area contributed by atoms with E-state index in [1.807, 2.05) is 24.3 Å². The Morgan fingerprint density at radius 1 is 1.21 bits per heavy atom. The average molecular weight is 404 g/mol. The third-order valence-corrected chi connectivity index (χ3v) is 6.15. The van der Waals surface area contributed by atoms with Crippen molar-refractivity contribution in [2.45, 2.75) is 31.6 Å². The number of hydrogen-bond donors (Lipinski definition) is 1. The van der Waals surface area contributed by atoms with Crippen molar-refractivity contribution in [1.82, 2.24) is 15.2 Å². The topological polar surface area (TPSA) is 88.6 Å². The van der Waals surface area contributed by atoms with E-state index in [1.165, 1.54) is 4.90 Å². The Hall–Kier alpha value is -2.48. The number of rotatable bonds is 6. The van der Waals surface area contributed by atoms with Crippen LogP contribution in [0.1, 0.15) is 36.6 Å². The molecule has 150 valence electrons. The van der Waals surface area contributed by atoms with Gasteiger partial charge in [-0.3, -0.25) is 14.4 Å². The Morgan fingerprint density at radius 2 is 1.96 bits per heavy atom. The molecule has 7 nitrogen and oxygen atoms in total. The van der Waals surface area contributed by atoms with Gasteiger partial charge in [0.25, 0.3) is 5.91 Å². The third kappa shape index (κ3) is 4.86. The van der Waals surface area contributed by atoms with Crippen molar-refractivity contribution >= 4 is 39.3 Å². The van der Waals surface area contributed by atoms with E-state index in [0.717, 1.165) is 40.9 Å². The number of carbonyl (C=O) groups is 3. The SMILES string of the molecule is CN(C)C(=O)CNC(=O)COC(=O)[C@@H]1CCCC[C@@H]1c1nc2ccccc2s1. The summed E-state index contributed by atoms with van der Waals surface area (Å²) in [5.74, 6) is -1.32. The molecule has 1 N–H and O–H groups in total. The number of amides is 2. The Morgan fingerprint density at radius 3 is 2.71 bits per heavy atom. The van der Waals surface area contributed by atoms with Gasteiger partial charge in [0.15, 0.2) is 6.61 Å². The predicted molar refractivity (Wildman–Crippen MR) is 107 cm³/mol. The summed E-state index contributed by atoms with van der Waals surface area (Å²) in [5.41, 5.74) is 0.949. The molecule has 0 spiro atoms. The maximum atomic E-state index is 12.6. The van der Waals surface area contributed by atoms with Crippen molar-refractivity contribution in [3.63, 3.8) is 0 Å². The molecule has 1 aromatic carbocycles. The summed E-state index contributed by atoms with van der Waals surface area (Å²) in [6.07, 6.45) is 3.64. The molecule has 0 aliphatic heterocycles. The quantitative estimate of drug-likeness (QED) is 0.748. The predicted octanol–water partition coefficient (Wildman–Crippen LogP) is 2.32. The molecule has 2 aromatic rings. The molecule has 1 aliphatic carbocycles. The van der Waals surface area contributed by atoms with E-state index in [-0.39, 0.29) is 36.9 Å². The van der Waals surface area contributed by atoms with Gasteiger partial charge in [0, 0.05) is 20.0 Å². The van der Waals surface area contributed by atoms with Gasteiger partial charge in [-0.15, -0.1) is 11.3 Å². The fourth-order valence-electron chi connectivity index (χ4n) is 3.38. The van der Waals surface area contributed by atoms with Crippen LogP contribution in [-0.4, -0.2) is 54.9 Å². The largest absolute Gasteiger partial charge is 0.455 e. The first kappa shape index (κ1) is 20.3. The molecule has 0 saturated heterocycles. The van der Waals surface area contributed by atoms with Crippen LogP contribution < -0.4 is 5.32 Å². The Labute approximate surface area is 168 Å². The standard InChI is InChI=1S/C20H25N3O4S/c1-23(2)18(25)11-21-17(24)12-27-20(26)14-8-4-3-7-13(14)19-22-15-9-5-6-10-16(15)28-19/h5-6,9-10,13-14H,3-4,7-8,11-12H2,1-2H3,(H,21,24)/t13-,14+/m0/s1. The maximum absolute atomic E-state index is 12.6. The molecule has 1 saturated carbocycles. The molecule has 1 fully saturated rings. The van der Waals surface area contributed by atoms with E-state index >= 15 is 0 Å². The number of aromatic nitrogens is 1. The highest BCUT2D eigenvalue weighted by molar-refractivity contribution is 7.18. The van der Waals surface area contributed by atoms with E-state index < -0.39 is 5.91 Å². The van der Waals surface area contributed by atoms with Crippen molar-refractivity contribution in [2.24, 2.45) is 5.92 Å². The van der Waals surface area contributed by atoms with E-state index in [2.05, 4.69) is 5.32 Å². The molecule has 0 bridgehead atoms. The third-order valence-electron chi connectivity index (χ3n) is 4.98. The second-order valence-electron chi connectivity index (χ2n) is 7.19. The zero-order valence-corrected chi connectivity index (χ0v) is 17.0. The molecule has 8 heteroatoms. The number of esters is 1. The van der Waals surface area contributed by atoms with Gasteiger partial charge in [-0.1, -0.05) is 25.0 Å². The molecular formula is C20H25N3O4S. The van der Waals surface area contributed by atoms with Crippen molar-refractivity contribution < 1.29 is 19.1 Å². The lowest BCUT2D eigenvalue weighted by Gasteiger charge is -2.28. The number of nitrogens with one attached hydrogen (secondary N) is 1. The van der Waals surface area contributed by atoms with Crippen molar-refractivity contribution in [3.8, 4) is 0 Å². The number of hydrogen-bond acceptors (Lipinski definition) is 6. The van der Waals surface area contributed by atoms with E-state index in [9.17, 15) is 14.4 Å². The van der Waals surface area contributed by atoms with Crippen LogP contribution in [0.3, 0.4) is 0 Å². The second kappa shape index (κ2) is 9.14. The minimum atomic E-state index is -0.476. The number of ether oxygens (including phenoxy) is 1. The molecule has 0 unspecified atom stereocenters. The summed E-state index contributed by atoms with van der Waals surface area (Å²) in [6.45, 7) is -0.482. The highest BCUT2D eigenvalue weighted by Crippen LogP contribution is 2.41. The van der Waals surface area contributed by atoms with Crippen molar-refractivity contribution in [2.75, 3.05) is 27.2 Å². The lowest BCUT2D eigenvalue weighted by Crippen LogP contribution is -2.38. The zero-order chi connectivity index (χ0) is 20.1. The normalized spacial score (nSPS) is 19.2. The zero-order valence-electron chi connectivity index (χ0n) is 16.1. The van der Waals surface area contributed by atoms with Gasteiger partial charge >= 0.3 is 5.97 Å². The maximum Gasteiger partial charge on any atom is 0.310 e. The van der Waals surface area contributed by atoms with Gasteiger partial charge in [-0.05, 0) is 25.0 Å². The molecule has 1 aromatic heterocycles. The van der Waals surface area contributed by atoms with Crippen LogP contribution in [0, 0.1) is 5.92 Å². The summed E-state index contributed by atoms with van der Waals surface area (Å²) in [4.78, 5) is 42.1. The smallest absolute Gasteiger partial charge is 0.310 e. The molecule has 2 amide bonds. The Bertz CT molecular complexity index is 831. The molecule has 1 aliphatic rings. The van der Waals surface area contributed by atoms with Crippen LogP contribution in [0.15, 0.2) is 24.3 Å². The lowest BCUT2D eigenvalue weighted by atomic mass is 9.79. The number of para-hydroxylation sites is 1. The van der Waals surface area contributed by atoms with E-state index in [0.29, 0.717) is 0 Å². The molecule has 28 heavy (non-hydrogen) atoms. The molecule has 1 heterocycles. The first-order valence-corrected chi connectivity index (χ1v) is 10.3. The average Bonchev–Trinajstić information content (AvgIpc) is 3.14. The molecule has 2 atom stereocenters. The van der Waals surface area contributed by atoms with Gasteiger partial charge in [-0.25, -0.2) is 4.98 Å². The first-order chi connectivity index (χ1) is 13.5. The monoisotopic (exact) mass is 403 g/mol.